The van der Waals surface area contributed by atoms with E-state index in [9.17, 15) is 14.4 Å². The van der Waals surface area contributed by atoms with E-state index < -0.39 is 12.0 Å². The second-order valence-electron chi connectivity index (χ2n) is 9.84. The number of fused-ring (bicyclic) bond motifs is 1. The number of hydrogen-bond donors (Lipinski definition) is 0. The molecular weight excluding hydrogens is 750 g/mol. The van der Waals surface area contributed by atoms with Crippen molar-refractivity contribution >= 4 is 75.1 Å². The average Bonchev–Trinajstić information content (AvgIpc) is 3.30. The van der Waals surface area contributed by atoms with Crippen LogP contribution in [0.1, 0.15) is 53.9 Å². The van der Waals surface area contributed by atoms with Crippen molar-refractivity contribution in [1.82, 2.24) is 4.57 Å². The maximum atomic E-state index is 14.1. The van der Waals surface area contributed by atoms with Gasteiger partial charge in [0.05, 0.1) is 38.1 Å². The fourth-order valence-corrected chi connectivity index (χ4v) is 7.36. The molecular formula is C33H27Cl2IN2O6S. The zero-order valence-corrected chi connectivity index (χ0v) is 28.9. The highest BCUT2D eigenvalue weighted by Crippen LogP contribution is 2.35. The normalized spacial score (nSPS) is 14.5. The van der Waals surface area contributed by atoms with Crippen molar-refractivity contribution in [2.75, 3.05) is 13.2 Å². The summed E-state index contributed by atoms with van der Waals surface area (Å²) in [5.41, 5.74) is 2.81. The van der Waals surface area contributed by atoms with Crippen LogP contribution in [-0.4, -0.2) is 29.7 Å². The molecule has 0 saturated heterocycles. The Morgan fingerprint density at radius 3 is 2.40 bits per heavy atom. The van der Waals surface area contributed by atoms with Crippen molar-refractivity contribution in [3.63, 3.8) is 0 Å². The molecule has 0 N–H and O–H groups in total. The van der Waals surface area contributed by atoms with Gasteiger partial charge in [-0.1, -0.05) is 64.9 Å². The second-order valence-corrected chi connectivity index (χ2v) is 12.9. The van der Waals surface area contributed by atoms with E-state index in [0.717, 1.165) is 9.13 Å². The highest BCUT2D eigenvalue weighted by atomic mass is 127. The van der Waals surface area contributed by atoms with Crippen molar-refractivity contribution in [2.45, 2.75) is 33.4 Å². The van der Waals surface area contributed by atoms with E-state index in [1.54, 1.807) is 87.5 Å². The summed E-state index contributed by atoms with van der Waals surface area (Å²) in [6.07, 6.45) is 1.71. The molecule has 0 spiro atoms. The Bertz CT molecular complexity index is 2000. The molecule has 0 amide bonds. The lowest BCUT2D eigenvalue weighted by Crippen LogP contribution is -2.40. The lowest BCUT2D eigenvalue weighted by molar-refractivity contribution is -0.139. The summed E-state index contributed by atoms with van der Waals surface area (Å²) in [6.45, 7) is 5.87. The number of aromatic nitrogens is 1. The van der Waals surface area contributed by atoms with Crippen molar-refractivity contribution < 1.29 is 23.8 Å². The highest BCUT2D eigenvalue weighted by Gasteiger charge is 2.34. The SMILES string of the molecule is CCOC(=O)C1=C(C)N=c2s/c(=C\c3cc(Cl)cc(I)c3OCc3ccc(C(=O)OCC)cc3)c(=O)n2[C@H]1c1ccccc1Cl. The van der Waals surface area contributed by atoms with Crippen molar-refractivity contribution in [3.05, 3.63) is 127 Å². The molecule has 1 aliphatic rings. The fraction of sp³-hybridized carbons (Fsp3) is 0.212. The van der Waals surface area contributed by atoms with E-state index in [2.05, 4.69) is 27.6 Å². The largest absolute Gasteiger partial charge is 0.487 e. The van der Waals surface area contributed by atoms with Crippen LogP contribution in [-0.2, 0) is 20.9 Å². The van der Waals surface area contributed by atoms with Crippen LogP contribution < -0.4 is 19.6 Å². The first kappa shape index (κ1) is 32.9. The second kappa shape index (κ2) is 14.3. The first-order valence-electron chi connectivity index (χ1n) is 13.9. The van der Waals surface area contributed by atoms with Crippen LogP contribution >= 0.6 is 57.1 Å². The van der Waals surface area contributed by atoms with Gasteiger partial charge in [-0.3, -0.25) is 9.36 Å². The van der Waals surface area contributed by atoms with E-state index in [1.807, 2.05) is 0 Å². The van der Waals surface area contributed by atoms with Crippen LogP contribution in [0.5, 0.6) is 5.75 Å². The number of nitrogens with zero attached hydrogens (tertiary/aromatic N) is 2. The lowest BCUT2D eigenvalue weighted by atomic mass is 9.96. The maximum Gasteiger partial charge on any atom is 0.338 e. The summed E-state index contributed by atoms with van der Waals surface area (Å²) in [6, 6.07) is 16.7. The number of carbonyl (C=O) groups excluding carboxylic acids is 2. The molecule has 45 heavy (non-hydrogen) atoms. The molecule has 0 bridgehead atoms. The Labute approximate surface area is 286 Å². The monoisotopic (exact) mass is 776 g/mol. The summed E-state index contributed by atoms with van der Waals surface area (Å²) in [5.74, 6) is -0.415. The van der Waals surface area contributed by atoms with Gasteiger partial charge in [0, 0.05) is 15.6 Å². The van der Waals surface area contributed by atoms with E-state index in [0.29, 0.717) is 54.1 Å². The summed E-state index contributed by atoms with van der Waals surface area (Å²) in [7, 11) is 0. The van der Waals surface area contributed by atoms with Crippen molar-refractivity contribution in [1.29, 1.82) is 0 Å². The number of halogens is 3. The Kier molecular flexibility index (Phi) is 10.5. The molecule has 232 valence electrons. The van der Waals surface area contributed by atoms with Gasteiger partial charge < -0.3 is 14.2 Å². The predicted molar refractivity (Wildman–Crippen MR) is 183 cm³/mol. The average molecular weight is 777 g/mol. The van der Waals surface area contributed by atoms with Gasteiger partial charge >= 0.3 is 11.9 Å². The van der Waals surface area contributed by atoms with Gasteiger partial charge in [0.25, 0.3) is 5.56 Å². The predicted octanol–water partition coefficient (Wildman–Crippen LogP) is 6.47. The fourth-order valence-electron chi connectivity index (χ4n) is 4.87. The molecule has 8 nitrogen and oxygen atoms in total. The Hall–Kier alpha value is -3.45. The van der Waals surface area contributed by atoms with Gasteiger partial charge in [0.15, 0.2) is 4.80 Å². The number of esters is 2. The lowest BCUT2D eigenvalue weighted by Gasteiger charge is -2.25. The maximum absolute atomic E-state index is 14.1. The molecule has 0 fully saturated rings. The minimum absolute atomic E-state index is 0.168. The van der Waals surface area contributed by atoms with Crippen LogP contribution in [0, 0.1) is 3.57 Å². The summed E-state index contributed by atoms with van der Waals surface area (Å²) >= 11 is 16.4. The Morgan fingerprint density at radius 2 is 1.71 bits per heavy atom. The van der Waals surface area contributed by atoms with Gasteiger partial charge in [-0.15, -0.1) is 0 Å². The third kappa shape index (κ3) is 7.04. The van der Waals surface area contributed by atoms with Gasteiger partial charge in [0.1, 0.15) is 18.4 Å². The van der Waals surface area contributed by atoms with Gasteiger partial charge in [-0.2, -0.15) is 0 Å². The van der Waals surface area contributed by atoms with Crippen LogP contribution in [0.3, 0.4) is 0 Å². The van der Waals surface area contributed by atoms with Gasteiger partial charge in [-0.25, -0.2) is 14.6 Å². The third-order valence-corrected chi connectivity index (χ3v) is 9.24. The first-order valence-corrected chi connectivity index (χ1v) is 16.6. The molecule has 1 aromatic heterocycles. The third-order valence-electron chi connectivity index (χ3n) is 6.89. The summed E-state index contributed by atoms with van der Waals surface area (Å²) in [5, 5.41) is 0.878. The minimum atomic E-state index is -0.830. The molecule has 3 aromatic carbocycles. The summed E-state index contributed by atoms with van der Waals surface area (Å²) < 4.78 is 19.3. The number of allylic oxidation sites excluding steroid dienone is 1. The molecule has 0 aliphatic carbocycles. The standard InChI is InChI=1S/C33H27Cl2IN2O6S/c1-4-42-31(40)20-12-10-19(11-13-20)17-44-29-21(14-22(34)16-25(29)36)15-26-30(39)38-28(23-8-6-7-9-24(23)35)27(32(41)43-5-2)18(3)37-33(38)45-26/h6-16,28H,4-5,17H2,1-3H3/b26-15-/t28-/m0/s1. The Balaban J connectivity index is 1.57. The molecule has 2 heterocycles. The van der Waals surface area contributed by atoms with Crippen LogP contribution in [0.2, 0.25) is 10.0 Å². The highest BCUT2D eigenvalue weighted by molar-refractivity contribution is 14.1. The van der Waals surface area contributed by atoms with E-state index in [-0.39, 0.29) is 30.3 Å². The number of benzene rings is 3. The zero-order chi connectivity index (χ0) is 32.2. The molecule has 5 rings (SSSR count). The van der Waals surface area contributed by atoms with Gasteiger partial charge in [-0.05, 0) is 90.9 Å². The smallest absolute Gasteiger partial charge is 0.338 e. The number of hydrogen-bond acceptors (Lipinski definition) is 8. The number of rotatable bonds is 9. The van der Waals surface area contributed by atoms with Crippen LogP contribution in [0.4, 0.5) is 0 Å². The number of carbonyl (C=O) groups is 2. The number of ether oxygens (including phenoxy) is 3. The van der Waals surface area contributed by atoms with Crippen LogP contribution in [0.15, 0.2) is 81.7 Å². The van der Waals surface area contributed by atoms with Crippen LogP contribution in [0.25, 0.3) is 6.08 Å². The molecule has 12 heteroatoms. The number of thiazole rings is 1. The Morgan fingerprint density at radius 1 is 1.02 bits per heavy atom. The van der Waals surface area contributed by atoms with E-state index >= 15 is 0 Å². The minimum Gasteiger partial charge on any atom is -0.487 e. The summed E-state index contributed by atoms with van der Waals surface area (Å²) in [4.78, 5) is 44.3. The van der Waals surface area contributed by atoms with Crippen molar-refractivity contribution in [2.24, 2.45) is 4.99 Å². The van der Waals surface area contributed by atoms with E-state index in [4.69, 9.17) is 37.4 Å². The molecule has 4 aromatic rings. The molecule has 0 unspecified atom stereocenters. The molecule has 0 saturated carbocycles. The quantitative estimate of drug-likeness (QED) is 0.143. The molecule has 0 radical (unpaired) electrons. The molecule has 1 atom stereocenters. The first-order chi connectivity index (χ1) is 21.6. The van der Waals surface area contributed by atoms with Gasteiger partial charge in [0.2, 0.25) is 0 Å². The topological polar surface area (TPSA) is 96.2 Å². The van der Waals surface area contributed by atoms with Crippen molar-refractivity contribution in [3.8, 4) is 5.75 Å². The van der Waals surface area contributed by atoms with E-state index in [1.165, 1.54) is 15.9 Å². The zero-order valence-electron chi connectivity index (χ0n) is 24.4. The molecule has 1 aliphatic heterocycles.